The van der Waals surface area contributed by atoms with Crippen molar-refractivity contribution in [1.29, 1.82) is 0 Å². The van der Waals surface area contributed by atoms with Crippen LogP contribution in [0, 0.1) is 10.1 Å². The largest absolute Gasteiger partial charge is 0.365 e. The van der Waals surface area contributed by atoms with Crippen molar-refractivity contribution in [2.75, 3.05) is 6.61 Å². The second kappa shape index (κ2) is 2.69. The summed E-state index contributed by atoms with van der Waals surface area (Å²) < 4.78 is 5.36. The molecule has 1 saturated carbocycles. The van der Waals surface area contributed by atoms with Crippen molar-refractivity contribution >= 4 is 0 Å². The van der Waals surface area contributed by atoms with Crippen LogP contribution >= 0.6 is 0 Å². The van der Waals surface area contributed by atoms with Gasteiger partial charge in [-0.1, -0.05) is 6.58 Å². The van der Waals surface area contributed by atoms with Gasteiger partial charge in [-0.2, -0.15) is 0 Å². The zero-order chi connectivity index (χ0) is 9.47. The van der Waals surface area contributed by atoms with Gasteiger partial charge in [0.05, 0.1) is 12.2 Å². The van der Waals surface area contributed by atoms with Crippen LogP contribution in [0.4, 0.5) is 0 Å². The molecule has 1 aliphatic heterocycles. The molecule has 0 radical (unpaired) electrons. The SMILES string of the molecule is C=C=C1CO[C@@H]2CCC[C@]12[N+](=O)[O-]. The fourth-order valence-corrected chi connectivity index (χ4v) is 2.36. The van der Waals surface area contributed by atoms with Crippen LogP contribution in [0.5, 0.6) is 0 Å². The first kappa shape index (κ1) is 8.48. The molecule has 1 heterocycles. The first-order chi connectivity index (χ1) is 6.21. The van der Waals surface area contributed by atoms with Gasteiger partial charge in [-0.25, -0.2) is 0 Å². The van der Waals surface area contributed by atoms with Crippen molar-refractivity contribution in [3.8, 4) is 0 Å². The number of rotatable bonds is 1. The molecule has 0 aromatic carbocycles. The Balaban J connectivity index is 2.48. The Morgan fingerprint density at radius 1 is 1.77 bits per heavy atom. The lowest BCUT2D eigenvalue weighted by Crippen LogP contribution is -2.42. The van der Waals surface area contributed by atoms with Gasteiger partial charge in [0.25, 0.3) is 5.54 Å². The van der Waals surface area contributed by atoms with E-state index in [0.717, 1.165) is 12.8 Å². The van der Waals surface area contributed by atoms with Crippen LogP contribution in [0.2, 0.25) is 0 Å². The van der Waals surface area contributed by atoms with Crippen molar-refractivity contribution in [3.05, 3.63) is 28.0 Å². The molecule has 2 atom stereocenters. The molecule has 0 aromatic rings. The van der Waals surface area contributed by atoms with E-state index in [1.54, 1.807) is 0 Å². The zero-order valence-corrected chi connectivity index (χ0v) is 7.28. The predicted molar refractivity (Wildman–Crippen MR) is 46.0 cm³/mol. The standard InChI is InChI=1S/C9H11NO3/c1-2-7-6-13-8-4-3-5-9(7,8)10(11)12/h8H,1,3-6H2/t8-,9+/m1/s1. The van der Waals surface area contributed by atoms with Crippen LogP contribution in [0.3, 0.4) is 0 Å². The third kappa shape index (κ3) is 0.900. The highest BCUT2D eigenvalue weighted by molar-refractivity contribution is 5.25. The third-order valence-corrected chi connectivity index (χ3v) is 3.05. The summed E-state index contributed by atoms with van der Waals surface area (Å²) in [6.45, 7) is 3.81. The normalized spacial score (nSPS) is 37.2. The Bertz CT molecular complexity index is 306. The van der Waals surface area contributed by atoms with Gasteiger partial charge >= 0.3 is 0 Å². The molecule has 2 rings (SSSR count). The molecular weight excluding hydrogens is 170 g/mol. The molecule has 4 heteroatoms. The fourth-order valence-electron chi connectivity index (χ4n) is 2.36. The van der Waals surface area contributed by atoms with E-state index in [0.29, 0.717) is 18.6 Å². The fraction of sp³-hybridized carbons (Fsp3) is 0.667. The van der Waals surface area contributed by atoms with Crippen LogP contribution in [0.25, 0.3) is 0 Å². The minimum Gasteiger partial charge on any atom is -0.365 e. The maximum atomic E-state index is 11.0. The first-order valence-electron chi connectivity index (χ1n) is 4.37. The molecule has 0 amide bonds. The summed E-state index contributed by atoms with van der Waals surface area (Å²) in [5.41, 5.74) is 2.30. The van der Waals surface area contributed by atoms with Crippen LogP contribution in [0.1, 0.15) is 19.3 Å². The molecule has 70 valence electrons. The smallest absolute Gasteiger partial charge is 0.278 e. The van der Waals surface area contributed by atoms with E-state index in [2.05, 4.69) is 12.3 Å². The third-order valence-electron chi connectivity index (χ3n) is 3.05. The monoisotopic (exact) mass is 181 g/mol. The molecule has 4 nitrogen and oxygen atoms in total. The topological polar surface area (TPSA) is 52.4 Å². The highest BCUT2D eigenvalue weighted by Gasteiger charge is 2.61. The Morgan fingerprint density at radius 2 is 2.54 bits per heavy atom. The van der Waals surface area contributed by atoms with E-state index in [9.17, 15) is 10.1 Å². The zero-order valence-electron chi connectivity index (χ0n) is 7.28. The van der Waals surface area contributed by atoms with Crippen LogP contribution in [-0.2, 0) is 4.74 Å². The predicted octanol–water partition coefficient (Wildman–Crippen LogP) is 1.30. The number of nitrogens with zero attached hydrogens (tertiary/aromatic N) is 1. The summed E-state index contributed by atoms with van der Waals surface area (Å²) in [5.74, 6) is 0. The summed E-state index contributed by atoms with van der Waals surface area (Å²) in [6, 6.07) is 0. The van der Waals surface area contributed by atoms with Gasteiger partial charge in [-0.05, 0) is 12.8 Å². The molecule has 0 bridgehead atoms. The maximum absolute atomic E-state index is 11.0. The molecule has 1 saturated heterocycles. The van der Waals surface area contributed by atoms with E-state index in [4.69, 9.17) is 4.74 Å². The van der Waals surface area contributed by atoms with Gasteiger partial charge in [0, 0.05) is 11.3 Å². The van der Waals surface area contributed by atoms with Crippen LogP contribution in [0.15, 0.2) is 17.9 Å². The number of fused-ring (bicyclic) bond motifs is 1. The average molecular weight is 181 g/mol. The van der Waals surface area contributed by atoms with E-state index >= 15 is 0 Å². The van der Waals surface area contributed by atoms with Crippen molar-refractivity contribution < 1.29 is 9.66 Å². The van der Waals surface area contributed by atoms with E-state index in [1.165, 1.54) is 0 Å². The van der Waals surface area contributed by atoms with Crippen LogP contribution < -0.4 is 0 Å². The Labute approximate surface area is 76.0 Å². The van der Waals surface area contributed by atoms with Gasteiger partial charge in [0.2, 0.25) is 0 Å². The second-order valence-corrected chi connectivity index (χ2v) is 3.53. The van der Waals surface area contributed by atoms with Gasteiger partial charge < -0.3 is 4.74 Å². The Kier molecular flexibility index (Phi) is 1.75. The molecule has 2 fully saturated rings. The molecule has 0 aromatic heterocycles. The summed E-state index contributed by atoms with van der Waals surface area (Å²) in [5, 5.41) is 11.0. The summed E-state index contributed by atoms with van der Waals surface area (Å²) >= 11 is 0. The van der Waals surface area contributed by atoms with Gasteiger partial charge in [-0.15, -0.1) is 5.73 Å². The first-order valence-corrected chi connectivity index (χ1v) is 4.37. The van der Waals surface area contributed by atoms with Crippen molar-refractivity contribution in [1.82, 2.24) is 0 Å². The lowest BCUT2D eigenvalue weighted by atomic mass is 9.90. The molecule has 1 aliphatic carbocycles. The molecule has 0 unspecified atom stereocenters. The van der Waals surface area contributed by atoms with E-state index < -0.39 is 5.54 Å². The highest BCUT2D eigenvalue weighted by Crippen LogP contribution is 2.44. The minimum absolute atomic E-state index is 0.217. The highest BCUT2D eigenvalue weighted by atomic mass is 16.6. The van der Waals surface area contributed by atoms with Crippen molar-refractivity contribution in [3.63, 3.8) is 0 Å². The number of nitro groups is 1. The molecule has 13 heavy (non-hydrogen) atoms. The van der Waals surface area contributed by atoms with Crippen molar-refractivity contribution in [2.45, 2.75) is 30.9 Å². The maximum Gasteiger partial charge on any atom is 0.278 e. The minimum atomic E-state index is -0.984. The summed E-state index contributed by atoms with van der Waals surface area (Å²) in [4.78, 5) is 10.8. The van der Waals surface area contributed by atoms with E-state index in [1.807, 2.05) is 0 Å². The summed E-state index contributed by atoms with van der Waals surface area (Å²) in [7, 11) is 0. The Hall–Kier alpha value is -1.12. The average Bonchev–Trinajstić information content (AvgIpc) is 2.59. The lowest BCUT2D eigenvalue weighted by molar-refractivity contribution is -0.561. The summed E-state index contributed by atoms with van der Waals surface area (Å²) in [6.07, 6.45) is 1.97. The molecule has 2 aliphatic rings. The molecule has 0 spiro atoms. The Morgan fingerprint density at radius 3 is 3.15 bits per heavy atom. The van der Waals surface area contributed by atoms with Gasteiger partial charge in [-0.3, -0.25) is 10.1 Å². The molecule has 0 N–H and O–H groups in total. The number of hydrogen-bond donors (Lipinski definition) is 0. The van der Waals surface area contributed by atoms with Gasteiger partial charge in [0.15, 0.2) is 0 Å². The van der Waals surface area contributed by atoms with Gasteiger partial charge in [0.1, 0.15) is 6.10 Å². The lowest BCUT2D eigenvalue weighted by Gasteiger charge is -2.17. The second-order valence-electron chi connectivity index (χ2n) is 3.53. The molecular formula is C9H11NO3. The number of hydrogen-bond acceptors (Lipinski definition) is 3. The quantitative estimate of drug-likeness (QED) is 0.348. The van der Waals surface area contributed by atoms with E-state index in [-0.39, 0.29) is 11.0 Å². The number of ether oxygens (including phenoxy) is 1. The van der Waals surface area contributed by atoms with Crippen molar-refractivity contribution in [2.24, 2.45) is 0 Å². The van der Waals surface area contributed by atoms with Crippen LogP contribution in [-0.4, -0.2) is 23.2 Å².